The van der Waals surface area contributed by atoms with E-state index in [4.69, 9.17) is 24.7 Å². The molecule has 2 aromatic rings. The predicted octanol–water partition coefficient (Wildman–Crippen LogP) is 1.67. The standard InChI is InChI=1S/C18H23N3O5/c1-18(2,24-10-13-6-4-3-5-7-13)25-12-16-23-11-15(26-16)21-9-8-14(19)20-17(21)22/h3-9,15-16H,10-12H2,1-2H3,(H2,19,20,22)/t15-,16-/m0/s1. The fraction of sp³-hybridized carbons (Fsp3) is 0.444. The van der Waals surface area contributed by atoms with Crippen LogP contribution in [0, 0.1) is 0 Å². The SMILES string of the molecule is CC(C)(OCc1ccccc1)OC[C@H]1OC[C@@H](n2ccc(N)nc2=O)O1. The van der Waals surface area contributed by atoms with E-state index in [1.807, 2.05) is 44.2 Å². The van der Waals surface area contributed by atoms with E-state index < -0.39 is 24.0 Å². The van der Waals surface area contributed by atoms with Crippen LogP contribution in [0.1, 0.15) is 25.6 Å². The molecular weight excluding hydrogens is 338 g/mol. The molecule has 3 rings (SSSR count). The van der Waals surface area contributed by atoms with Crippen LogP contribution in [0.5, 0.6) is 0 Å². The molecule has 0 spiro atoms. The Hall–Kier alpha value is -2.26. The van der Waals surface area contributed by atoms with Gasteiger partial charge in [-0.3, -0.25) is 4.57 Å². The molecule has 0 saturated carbocycles. The minimum atomic E-state index is -0.805. The summed E-state index contributed by atoms with van der Waals surface area (Å²) < 4.78 is 24.2. The number of nitrogen functional groups attached to an aromatic ring is 1. The molecule has 2 atom stereocenters. The summed E-state index contributed by atoms with van der Waals surface area (Å²) in [6, 6.07) is 11.4. The number of benzene rings is 1. The van der Waals surface area contributed by atoms with E-state index in [2.05, 4.69) is 4.98 Å². The van der Waals surface area contributed by atoms with Crippen LogP contribution in [0.2, 0.25) is 0 Å². The molecule has 0 bridgehead atoms. The van der Waals surface area contributed by atoms with Crippen LogP contribution in [-0.2, 0) is 25.6 Å². The molecule has 1 aliphatic heterocycles. The molecule has 8 nitrogen and oxygen atoms in total. The van der Waals surface area contributed by atoms with Gasteiger partial charge in [-0.15, -0.1) is 0 Å². The van der Waals surface area contributed by atoms with E-state index in [9.17, 15) is 4.79 Å². The average molecular weight is 361 g/mol. The molecule has 2 heterocycles. The zero-order valence-electron chi connectivity index (χ0n) is 14.8. The highest BCUT2D eigenvalue weighted by Gasteiger charge is 2.30. The van der Waals surface area contributed by atoms with Crippen LogP contribution >= 0.6 is 0 Å². The Balaban J connectivity index is 1.48. The van der Waals surface area contributed by atoms with Crippen molar-refractivity contribution in [1.82, 2.24) is 9.55 Å². The Bertz CT molecular complexity index is 778. The van der Waals surface area contributed by atoms with Crippen molar-refractivity contribution < 1.29 is 18.9 Å². The summed E-state index contributed by atoms with van der Waals surface area (Å²) in [7, 11) is 0. The van der Waals surface area contributed by atoms with Gasteiger partial charge in [-0.05, 0) is 25.5 Å². The van der Waals surface area contributed by atoms with Gasteiger partial charge in [0.2, 0.25) is 0 Å². The lowest BCUT2D eigenvalue weighted by atomic mass is 10.2. The normalized spacial score (nSPS) is 20.4. The largest absolute Gasteiger partial charge is 0.383 e. The van der Waals surface area contributed by atoms with Crippen molar-refractivity contribution in [2.24, 2.45) is 0 Å². The Morgan fingerprint density at radius 2 is 2.04 bits per heavy atom. The summed E-state index contributed by atoms with van der Waals surface area (Å²) in [5.74, 6) is -0.636. The maximum atomic E-state index is 11.9. The zero-order valence-corrected chi connectivity index (χ0v) is 14.8. The Kier molecular flexibility index (Phi) is 5.67. The lowest BCUT2D eigenvalue weighted by Gasteiger charge is -2.27. The summed E-state index contributed by atoms with van der Waals surface area (Å²) in [5, 5.41) is 0. The summed E-state index contributed by atoms with van der Waals surface area (Å²) in [6.45, 7) is 4.50. The molecule has 2 N–H and O–H groups in total. The Morgan fingerprint density at radius 1 is 1.27 bits per heavy atom. The maximum absolute atomic E-state index is 11.9. The molecule has 1 aromatic carbocycles. The second-order valence-corrected chi connectivity index (χ2v) is 6.38. The highest BCUT2D eigenvalue weighted by molar-refractivity contribution is 5.23. The van der Waals surface area contributed by atoms with Gasteiger partial charge in [0, 0.05) is 6.20 Å². The van der Waals surface area contributed by atoms with Crippen molar-refractivity contribution in [2.75, 3.05) is 18.9 Å². The van der Waals surface area contributed by atoms with Crippen molar-refractivity contribution in [3.05, 3.63) is 58.6 Å². The fourth-order valence-corrected chi connectivity index (χ4v) is 2.46. The molecule has 1 aliphatic rings. The fourth-order valence-electron chi connectivity index (χ4n) is 2.46. The summed E-state index contributed by atoms with van der Waals surface area (Å²) in [5.41, 5.74) is 6.07. The Labute approximate surface area is 151 Å². The Morgan fingerprint density at radius 3 is 2.77 bits per heavy atom. The number of aromatic nitrogens is 2. The van der Waals surface area contributed by atoms with Crippen molar-refractivity contribution in [3.8, 4) is 0 Å². The first kappa shape index (κ1) is 18.5. The van der Waals surface area contributed by atoms with Crippen molar-refractivity contribution >= 4 is 5.82 Å². The van der Waals surface area contributed by atoms with Crippen LogP contribution in [0.25, 0.3) is 0 Å². The zero-order chi connectivity index (χ0) is 18.6. The van der Waals surface area contributed by atoms with Crippen molar-refractivity contribution in [2.45, 2.75) is 38.8 Å². The number of rotatable bonds is 7. The van der Waals surface area contributed by atoms with Gasteiger partial charge in [-0.1, -0.05) is 30.3 Å². The van der Waals surface area contributed by atoms with Crippen molar-refractivity contribution in [1.29, 1.82) is 0 Å². The highest BCUT2D eigenvalue weighted by Crippen LogP contribution is 2.22. The molecule has 1 saturated heterocycles. The monoisotopic (exact) mass is 361 g/mol. The van der Waals surface area contributed by atoms with Gasteiger partial charge in [-0.25, -0.2) is 4.79 Å². The first-order valence-electron chi connectivity index (χ1n) is 8.36. The smallest absolute Gasteiger partial charge is 0.351 e. The van der Waals surface area contributed by atoms with Gasteiger partial charge in [-0.2, -0.15) is 4.98 Å². The van der Waals surface area contributed by atoms with Gasteiger partial charge in [0.05, 0.1) is 13.2 Å². The number of nitrogens with two attached hydrogens (primary N) is 1. The summed E-state index contributed by atoms with van der Waals surface area (Å²) in [6.07, 6.45) is 0.385. The van der Waals surface area contributed by atoms with E-state index >= 15 is 0 Å². The second-order valence-electron chi connectivity index (χ2n) is 6.38. The molecule has 0 radical (unpaired) electrons. The molecule has 26 heavy (non-hydrogen) atoms. The second kappa shape index (κ2) is 7.96. The van der Waals surface area contributed by atoms with E-state index in [-0.39, 0.29) is 19.0 Å². The van der Waals surface area contributed by atoms with Crippen molar-refractivity contribution in [3.63, 3.8) is 0 Å². The van der Waals surface area contributed by atoms with E-state index in [1.54, 1.807) is 0 Å². The topological polar surface area (TPSA) is 97.8 Å². The van der Waals surface area contributed by atoms with Gasteiger partial charge < -0.3 is 24.7 Å². The lowest BCUT2D eigenvalue weighted by Crippen LogP contribution is -2.33. The molecule has 8 heteroatoms. The molecular formula is C18H23N3O5. The molecule has 1 aromatic heterocycles. The van der Waals surface area contributed by atoms with E-state index in [0.717, 1.165) is 5.56 Å². The third-order valence-electron chi connectivity index (χ3n) is 3.89. The quantitative estimate of drug-likeness (QED) is 0.749. The number of anilines is 1. The van der Waals surface area contributed by atoms with Crippen LogP contribution in [0.3, 0.4) is 0 Å². The number of nitrogens with zero attached hydrogens (tertiary/aromatic N) is 2. The van der Waals surface area contributed by atoms with Crippen LogP contribution < -0.4 is 11.4 Å². The number of ether oxygens (including phenoxy) is 4. The molecule has 0 unspecified atom stereocenters. The van der Waals surface area contributed by atoms with Gasteiger partial charge >= 0.3 is 5.69 Å². The van der Waals surface area contributed by atoms with Gasteiger partial charge in [0.1, 0.15) is 12.4 Å². The van der Waals surface area contributed by atoms with Crippen LogP contribution in [0.4, 0.5) is 5.82 Å². The minimum Gasteiger partial charge on any atom is -0.383 e. The maximum Gasteiger partial charge on any atom is 0.351 e. The molecule has 140 valence electrons. The first-order valence-corrected chi connectivity index (χ1v) is 8.36. The van der Waals surface area contributed by atoms with Gasteiger partial charge in [0.25, 0.3) is 0 Å². The highest BCUT2D eigenvalue weighted by atomic mass is 16.8. The van der Waals surface area contributed by atoms with E-state index in [1.165, 1.54) is 16.8 Å². The van der Waals surface area contributed by atoms with E-state index in [0.29, 0.717) is 6.61 Å². The van der Waals surface area contributed by atoms with Crippen LogP contribution in [-0.4, -0.2) is 34.8 Å². The predicted molar refractivity (Wildman–Crippen MR) is 94.0 cm³/mol. The first-order chi connectivity index (χ1) is 12.4. The van der Waals surface area contributed by atoms with Gasteiger partial charge in [0.15, 0.2) is 18.3 Å². The van der Waals surface area contributed by atoms with Crippen LogP contribution in [0.15, 0.2) is 47.4 Å². The minimum absolute atomic E-state index is 0.169. The molecule has 1 fully saturated rings. The third-order valence-corrected chi connectivity index (χ3v) is 3.89. The lowest BCUT2D eigenvalue weighted by molar-refractivity contribution is -0.248. The average Bonchev–Trinajstić information content (AvgIpc) is 3.08. The number of hydrogen-bond donors (Lipinski definition) is 1. The molecule has 0 amide bonds. The summed E-state index contributed by atoms with van der Waals surface area (Å²) >= 11 is 0. The third kappa shape index (κ3) is 4.89. The molecule has 0 aliphatic carbocycles. The summed E-state index contributed by atoms with van der Waals surface area (Å²) in [4.78, 5) is 15.5. The number of hydrogen-bond acceptors (Lipinski definition) is 7.